The maximum absolute atomic E-state index is 6.45. The lowest BCUT2D eigenvalue weighted by Crippen LogP contribution is -2.57. The Kier molecular flexibility index (Phi) is 19.0. The van der Waals surface area contributed by atoms with Crippen molar-refractivity contribution in [2.75, 3.05) is 54.6 Å². The highest BCUT2D eigenvalue weighted by Crippen LogP contribution is 2.26. The molecule has 0 aliphatic carbocycles. The minimum Gasteiger partial charge on any atom is -0.377 e. The summed E-state index contributed by atoms with van der Waals surface area (Å²) in [6, 6.07) is 1.50. The Morgan fingerprint density at radius 1 is 0.517 bits per heavy atom. The summed E-state index contributed by atoms with van der Waals surface area (Å²) in [6.07, 6.45) is 9.36. The molecule has 0 bridgehead atoms. The van der Waals surface area contributed by atoms with E-state index in [1.807, 2.05) is 0 Å². The van der Waals surface area contributed by atoms with E-state index < -0.39 is 17.6 Å². The lowest BCUT2D eigenvalue weighted by atomic mass is 10.2. The van der Waals surface area contributed by atoms with Gasteiger partial charge in [0.05, 0.1) is 0 Å². The average molecular weight is 453 g/mol. The van der Waals surface area contributed by atoms with Crippen LogP contribution in [0.15, 0.2) is 0 Å². The van der Waals surface area contributed by atoms with Crippen LogP contribution in [0, 0.1) is 0 Å². The van der Waals surface area contributed by atoms with Gasteiger partial charge in [-0.2, -0.15) is 0 Å². The predicted octanol–water partition coefficient (Wildman–Crippen LogP) is 3.81. The second-order valence-electron chi connectivity index (χ2n) is 7.41. The molecule has 0 amide bonds. The summed E-state index contributed by atoms with van der Waals surface area (Å²) >= 11 is 0. The monoisotopic (exact) mass is 452 g/mol. The first-order chi connectivity index (χ1) is 14.1. The summed E-state index contributed by atoms with van der Waals surface area (Å²) < 4.78 is 29.6. The zero-order chi connectivity index (χ0) is 21.8. The summed E-state index contributed by atoms with van der Waals surface area (Å²) in [7, 11) is 1.02. The molecule has 0 saturated carbocycles. The fraction of sp³-hybridized carbons (Fsp3) is 1.00. The minimum atomic E-state index is -2.83. The zero-order valence-corrected chi connectivity index (χ0v) is 21.9. The van der Waals surface area contributed by atoms with Gasteiger partial charge >= 0.3 is 17.6 Å². The van der Waals surface area contributed by atoms with Crippen molar-refractivity contribution in [1.82, 2.24) is 10.6 Å². The highest BCUT2D eigenvalue weighted by Gasteiger charge is 2.51. The van der Waals surface area contributed by atoms with Crippen molar-refractivity contribution >= 4 is 17.6 Å². The maximum Gasteiger partial charge on any atom is 0.493 e. The van der Waals surface area contributed by atoms with Crippen molar-refractivity contribution in [1.29, 1.82) is 0 Å². The van der Waals surface area contributed by atoms with Crippen molar-refractivity contribution in [3.63, 3.8) is 0 Å². The van der Waals surface area contributed by atoms with Gasteiger partial charge in [0.1, 0.15) is 0 Å². The van der Waals surface area contributed by atoms with Gasteiger partial charge in [0, 0.05) is 40.5 Å². The van der Waals surface area contributed by atoms with Gasteiger partial charge < -0.3 is 32.5 Å². The van der Waals surface area contributed by atoms with Crippen LogP contribution in [0.5, 0.6) is 0 Å². The lowest BCUT2D eigenvalue weighted by Gasteiger charge is -2.35. The number of hydrogen-bond acceptors (Lipinski definition) is 7. The van der Waals surface area contributed by atoms with E-state index in [1.165, 1.54) is 38.5 Å². The molecule has 0 atom stereocenters. The Hall–Kier alpha value is 0.154. The van der Waals surface area contributed by atoms with Crippen LogP contribution >= 0.6 is 0 Å². The quantitative estimate of drug-likeness (QED) is 0.191. The Labute approximate surface area is 182 Å². The molecule has 176 valence electrons. The van der Waals surface area contributed by atoms with E-state index in [0.29, 0.717) is 0 Å². The summed E-state index contributed by atoms with van der Waals surface area (Å²) in [5.41, 5.74) is 0. The molecule has 0 saturated heterocycles. The average Bonchev–Trinajstić information content (AvgIpc) is 2.76. The zero-order valence-electron chi connectivity index (χ0n) is 19.9. The summed E-state index contributed by atoms with van der Waals surface area (Å²) in [5, 5.41) is 6.98. The second kappa shape index (κ2) is 18.9. The standard InChI is InChI=1S/C20H48N2O5Si2/c1-7-9-11-15-21-17-13-19-28(23-3,24-4)27-29(25-5,26-6)20-14-18-22-16-12-10-8-2/h21-22H,7-20H2,1-6H3. The molecule has 0 rings (SSSR count). The first-order valence-corrected chi connectivity index (χ1v) is 15.3. The van der Waals surface area contributed by atoms with E-state index in [-0.39, 0.29) is 0 Å². The van der Waals surface area contributed by atoms with Crippen LogP contribution in [0.3, 0.4) is 0 Å². The second-order valence-corrected chi connectivity index (χ2v) is 13.6. The van der Waals surface area contributed by atoms with Crippen LogP contribution in [-0.2, 0) is 21.8 Å². The normalized spacial score (nSPS) is 12.6. The molecule has 7 nitrogen and oxygen atoms in total. The molecule has 0 aliphatic heterocycles. The number of unbranched alkanes of at least 4 members (excludes halogenated alkanes) is 4. The SMILES string of the molecule is CCCCCNCCC[Si](OC)(OC)O[Si](CCCNCCCCC)(OC)OC. The molecule has 0 aromatic heterocycles. The first-order valence-electron chi connectivity index (χ1n) is 11.4. The Bertz CT molecular complexity index is 328. The third-order valence-electron chi connectivity index (χ3n) is 5.14. The molecular formula is C20H48N2O5Si2. The third-order valence-corrected chi connectivity index (χ3v) is 12.1. The summed E-state index contributed by atoms with van der Waals surface area (Å²) in [4.78, 5) is 0. The van der Waals surface area contributed by atoms with Gasteiger partial charge in [-0.25, -0.2) is 0 Å². The highest BCUT2D eigenvalue weighted by molar-refractivity contribution is 6.74. The van der Waals surface area contributed by atoms with Crippen molar-refractivity contribution in [2.24, 2.45) is 0 Å². The predicted molar refractivity (Wildman–Crippen MR) is 124 cm³/mol. The Morgan fingerprint density at radius 3 is 1.17 bits per heavy atom. The molecule has 0 spiro atoms. The summed E-state index contributed by atoms with van der Waals surface area (Å²) in [5.74, 6) is 0. The largest absolute Gasteiger partial charge is 0.493 e. The smallest absolute Gasteiger partial charge is 0.377 e. The third kappa shape index (κ3) is 13.2. The van der Waals surface area contributed by atoms with Gasteiger partial charge in [0.15, 0.2) is 0 Å². The van der Waals surface area contributed by atoms with Crippen molar-refractivity contribution < 1.29 is 21.8 Å². The van der Waals surface area contributed by atoms with Crippen LogP contribution in [0.4, 0.5) is 0 Å². The van der Waals surface area contributed by atoms with Crippen LogP contribution in [0.1, 0.15) is 65.2 Å². The van der Waals surface area contributed by atoms with Gasteiger partial charge in [0.25, 0.3) is 0 Å². The lowest BCUT2D eigenvalue weighted by molar-refractivity contribution is 0.0859. The van der Waals surface area contributed by atoms with Crippen LogP contribution in [0.2, 0.25) is 12.1 Å². The van der Waals surface area contributed by atoms with Crippen molar-refractivity contribution in [3.05, 3.63) is 0 Å². The molecule has 0 aliphatic rings. The number of hydrogen-bond donors (Lipinski definition) is 2. The van der Waals surface area contributed by atoms with Crippen molar-refractivity contribution in [3.8, 4) is 0 Å². The van der Waals surface area contributed by atoms with E-state index in [0.717, 1.165) is 51.1 Å². The van der Waals surface area contributed by atoms with Crippen molar-refractivity contribution in [2.45, 2.75) is 77.3 Å². The molecule has 9 heteroatoms. The fourth-order valence-corrected chi connectivity index (χ4v) is 9.60. The maximum atomic E-state index is 6.45. The van der Waals surface area contributed by atoms with E-state index >= 15 is 0 Å². The molecule has 0 aromatic carbocycles. The Balaban J connectivity index is 4.51. The molecule has 2 N–H and O–H groups in total. The number of rotatable bonds is 22. The number of nitrogens with one attached hydrogen (secondary N) is 2. The minimum absolute atomic E-state index is 0.748. The molecule has 0 heterocycles. The molecular weight excluding hydrogens is 404 g/mol. The van der Waals surface area contributed by atoms with Crippen LogP contribution in [-0.4, -0.2) is 72.2 Å². The van der Waals surface area contributed by atoms with Crippen LogP contribution in [0.25, 0.3) is 0 Å². The summed E-state index contributed by atoms with van der Waals surface area (Å²) in [6.45, 7) is 8.43. The molecule has 0 unspecified atom stereocenters. The van der Waals surface area contributed by atoms with E-state index in [9.17, 15) is 0 Å². The molecule has 0 radical (unpaired) electrons. The Morgan fingerprint density at radius 2 is 0.862 bits per heavy atom. The molecule has 0 fully saturated rings. The van der Waals surface area contributed by atoms with Gasteiger partial charge in [-0.3, -0.25) is 0 Å². The topological polar surface area (TPSA) is 70.2 Å². The first kappa shape index (κ1) is 29.2. The van der Waals surface area contributed by atoms with E-state index in [2.05, 4.69) is 24.5 Å². The van der Waals surface area contributed by atoms with Crippen LogP contribution < -0.4 is 10.6 Å². The molecule has 0 aromatic rings. The van der Waals surface area contributed by atoms with E-state index in [4.69, 9.17) is 21.8 Å². The molecule has 29 heavy (non-hydrogen) atoms. The van der Waals surface area contributed by atoms with Gasteiger partial charge in [0.2, 0.25) is 0 Å². The van der Waals surface area contributed by atoms with Gasteiger partial charge in [-0.1, -0.05) is 39.5 Å². The fourth-order valence-electron chi connectivity index (χ4n) is 3.19. The van der Waals surface area contributed by atoms with Gasteiger partial charge in [-0.05, 0) is 51.9 Å². The van der Waals surface area contributed by atoms with E-state index in [1.54, 1.807) is 28.4 Å². The highest BCUT2D eigenvalue weighted by atomic mass is 28.5. The van der Waals surface area contributed by atoms with Gasteiger partial charge in [-0.15, -0.1) is 0 Å².